The molecule has 2 unspecified atom stereocenters. The number of nitrogens with one attached hydrogen (secondary N) is 1. The monoisotopic (exact) mass is 520 g/mol. The molecule has 2 aromatic carbocycles. The Labute approximate surface area is 217 Å². The number of phenolic OH excluding ortho intramolecular Hbond substituents is 1. The van der Waals surface area contributed by atoms with Crippen LogP contribution in [0.2, 0.25) is 0 Å². The number of phenols is 1. The number of rotatable bonds is 9. The van der Waals surface area contributed by atoms with Gasteiger partial charge in [0.2, 0.25) is 18.5 Å². The number of aryl methyl sites for hydroxylation is 1. The summed E-state index contributed by atoms with van der Waals surface area (Å²) in [6.07, 6.45) is 3.13. The van der Waals surface area contributed by atoms with Crippen LogP contribution < -0.4 is 18.9 Å². The lowest BCUT2D eigenvalue weighted by Gasteiger charge is -2.21. The quantitative estimate of drug-likeness (QED) is 0.312. The molecule has 2 N–H and O–H groups in total. The summed E-state index contributed by atoms with van der Waals surface area (Å²) in [5.41, 5.74) is 1.86. The maximum Gasteiger partial charge on any atom is 0.239 e. The Morgan fingerprint density at radius 1 is 1.16 bits per heavy atom. The van der Waals surface area contributed by atoms with E-state index < -0.39 is 0 Å². The number of aromatic hydroxyl groups is 1. The van der Waals surface area contributed by atoms with Crippen LogP contribution in [0.15, 0.2) is 36.7 Å². The van der Waals surface area contributed by atoms with Crippen molar-refractivity contribution >= 4 is 17.9 Å². The minimum atomic E-state index is -0.384. The molecule has 0 spiro atoms. The normalized spacial score (nSPS) is 13.6. The summed E-state index contributed by atoms with van der Waals surface area (Å²) < 4.78 is 27.0. The Morgan fingerprint density at radius 2 is 1.97 bits per heavy atom. The van der Waals surface area contributed by atoms with E-state index in [1.807, 2.05) is 13.8 Å². The van der Waals surface area contributed by atoms with Crippen molar-refractivity contribution in [2.24, 2.45) is 0 Å². The fourth-order valence-corrected chi connectivity index (χ4v) is 4.59. The van der Waals surface area contributed by atoms with Crippen LogP contribution >= 0.6 is 11.9 Å². The summed E-state index contributed by atoms with van der Waals surface area (Å²) in [6.45, 7) is 4.02. The van der Waals surface area contributed by atoms with Crippen LogP contribution in [-0.4, -0.2) is 56.1 Å². The van der Waals surface area contributed by atoms with Crippen molar-refractivity contribution in [3.63, 3.8) is 0 Å². The highest BCUT2D eigenvalue weighted by molar-refractivity contribution is 8.01. The van der Waals surface area contributed by atoms with Crippen LogP contribution in [0.4, 0.5) is 5.95 Å². The number of ether oxygens (including phenoxy) is 4. The molecule has 37 heavy (non-hydrogen) atoms. The fraction of sp³-hybridized carbons (Fsp3) is 0.280. The Balaban J connectivity index is 1.51. The van der Waals surface area contributed by atoms with E-state index in [4.69, 9.17) is 18.9 Å². The molecule has 2 atom stereocenters. The lowest BCUT2D eigenvalue weighted by atomic mass is 10.2. The number of fused-ring (bicyclic) bond motifs is 1. The standard InChI is InChI=1S/C25H24N6O5S/c1-14-11-26-23(27-12-14)22(34-4)15(2)37-30-25-29-28-24(16-8-9-18-20(10-16)36-13-35-18)31(25)21-17(32)6-5-7-19(21)33-3/h5-7,10-12,15,22,32H,13H2,1-4H3,(H,29,30). The summed E-state index contributed by atoms with van der Waals surface area (Å²) in [7, 11) is 3.14. The number of methoxy groups -OCH3 is 2. The number of para-hydroxylation sites is 1. The van der Waals surface area contributed by atoms with Gasteiger partial charge in [0.25, 0.3) is 0 Å². The zero-order chi connectivity index (χ0) is 25.9. The smallest absolute Gasteiger partial charge is 0.239 e. The molecule has 11 nitrogen and oxygen atoms in total. The highest BCUT2D eigenvalue weighted by Crippen LogP contribution is 2.39. The number of hydrogen-bond donors (Lipinski definition) is 2. The first-order valence-electron chi connectivity index (χ1n) is 11.3. The van der Waals surface area contributed by atoms with Crippen molar-refractivity contribution in [1.82, 2.24) is 24.7 Å². The molecule has 3 heterocycles. The number of aromatic nitrogens is 5. The second-order valence-electron chi connectivity index (χ2n) is 8.12. The first-order chi connectivity index (χ1) is 18.0. The van der Waals surface area contributed by atoms with Gasteiger partial charge < -0.3 is 24.1 Å². The van der Waals surface area contributed by atoms with Gasteiger partial charge in [0.05, 0.1) is 17.9 Å². The van der Waals surface area contributed by atoms with Crippen LogP contribution in [0.5, 0.6) is 23.0 Å². The molecule has 0 aliphatic carbocycles. The molecule has 4 aromatic rings. The van der Waals surface area contributed by atoms with Crippen molar-refractivity contribution in [3.8, 4) is 40.1 Å². The van der Waals surface area contributed by atoms with E-state index in [0.717, 1.165) is 5.56 Å². The van der Waals surface area contributed by atoms with E-state index in [1.54, 1.807) is 48.3 Å². The lowest BCUT2D eigenvalue weighted by molar-refractivity contribution is 0.0972. The molecule has 0 amide bonds. The second-order valence-corrected chi connectivity index (χ2v) is 9.30. The molecule has 1 aliphatic rings. The molecular weight excluding hydrogens is 496 g/mol. The molecule has 1 aliphatic heterocycles. The molecule has 5 rings (SSSR count). The van der Waals surface area contributed by atoms with Crippen LogP contribution in [0.1, 0.15) is 24.4 Å². The van der Waals surface area contributed by atoms with Crippen molar-refractivity contribution in [2.75, 3.05) is 25.7 Å². The average molecular weight is 521 g/mol. The molecule has 0 radical (unpaired) electrons. The van der Waals surface area contributed by atoms with Gasteiger partial charge in [0.1, 0.15) is 23.3 Å². The van der Waals surface area contributed by atoms with E-state index in [-0.39, 0.29) is 23.9 Å². The van der Waals surface area contributed by atoms with Gasteiger partial charge in [-0.15, -0.1) is 10.2 Å². The van der Waals surface area contributed by atoms with Gasteiger partial charge in [-0.05, 0) is 49.6 Å². The molecule has 0 bridgehead atoms. The van der Waals surface area contributed by atoms with Crippen molar-refractivity contribution in [2.45, 2.75) is 25.2 Å². The first-order valence-corrected chi connectivity index (χ1v) is 12.2. The Morgan fingerprint density at radius 3 is 2.73 bits per heavy atom. The summed E-state index contributed by atoms with van der Waals surface area (Å²) >= 11 is 1.35. The molecule has 2 aromatic heterocycles. The van der Waals surface area contributed by atoms with Crippen LogP contribution in [-0.2, 0) is 4.74 Å². The second kappa shape index (κ2) is 10.4. The largest absolute Gasteiger partial charge is 0.506 e. The zero-order valence-electron chi connectivity index (χ0n) is 20.6. The topological polar surface area (TPSA) is 126 Å². The number of nitrogens with zero attached hydrogens (tertiary/aromatic N) is 5. The zero-order valence-corrected chi connectivity index (χ0v) is 21.4. The fourth-order valence-electron chi connectivity index (χ4n) is 3.81. The summed E-state index contributed by atoms with van der Waals surface area (Å²) in [4.78, 5) is 8.82. The van der Waals surface area contributed by atoms with Crippen molar-refractivity contribution in [3.05, 3.63) is 60.2 Å². The Hall–Kier alpha value is -4.21. The summed E-state index contributed by atoms with van der Waals surface area (Å²) in [5, 5.41) is 19.4. The highest BCUT2D eigenvalue weighted by atomic mass is 32.2. The van der Waals surface area contributed by atoms with E-state index in [1.165, 1.54) is 19.1 Å². The summed E-state index contributed by atoms with van der Waals surface area (Å²) in [6, 6.07) is 12.7. The predicted octanol–water partition coefficient (Wildman–Crippen LogP) is 3.91. The molecule has 0 saturated heterocycles. The third-order valence-electron chi connectivity index (χ3n) is 5.62. The highest BCUT2D eigenvalue weighted by Gasteiger charge is 2.26. The molecule has 190 valence electrons. The van der Waals surface area contributed by atoms with Crippen LogP contribution in [0.25, 0.3) is 17.1 Å². The van der Waals surface area contributed by atoms with E-state index in [2.05, 4.69) is 37.0 Å². The van der Waals surface area contributed by atoms with Gasteiger partial charge >= 0.3 is 0 Å². The third-order valence-corrected chi connectivity index (χ3v) is 6.54. The van der Waals surface area contributed by atoms with Crippen LogP contribution in [0.3, 0.4) is 0 Å². The van der Waals surface area contributed by atoms with Gasteiger partial charge in [-0.25, -0.2) is 9.97 Å². The van der Waals surface area contributed by atoms with Gasteiger partial charge in [-0.3, -0.25) is 9.29 Å². The van der Waals surface area contributed by atoms with Crippen molar-refractivity contribution < 1.29 is 24.1 Å². The van der Waals surface area contributed by atoms with Gasteiger partial charge in [-0.2, -0.15) is 0 Å². The van der Waals surface area contributed by atoms with Gasteiger partial charge in [0, 0.05) is 25.6 Å². The maximum atomic E-state index is 10.8. The first kappa shape index (κ1) is 24.5. The lowest BCUT2D eigenvalue weighted by Crippen LogP contribution is -2.19. The number of benzene rings is 1. The van der Waals surface area contributed by atoms with Crippen molar-refractivity contribution in [1.29, 1.82) is 0 Å². The SMILES string of the molecule is COc1cccc(O)c1-n1c(NSC(C)C(OC)c2ncc(C)cn2)nnc1-c1c#cc2c(c1)OCO2. The number of hydrogen-bond acceptors (Lipinski definition) is 11. The molecule has 0 fully saturated rings. The summed E-state index contributed by atoms with van der Waals surface area (Å²) in [5.74, 6) is 2.70. The van der Waals surface area contributed by atoms with E-state index >= 15 is 0 Å². The molecular formula is C25H24N6O5S. The minimum Gasteiger partial charge on any atom is -0.506 e. The van der Waals surface area contributed by atoms with Crippen LogP contribution in [0, 0.1) is 19.1 Å². The Bertz CT molecular complexity index is 1400. The van der Waals surface area contributed by atoms with E-state index in [0.29, 0.717) is 46.1 Å². The predicted molar refractivity (Wildman–Crippen MR) is 136 cm³/mol. The third kappa shape index (κ3) is 4.78. The minimum absolute atomic E-state index is 0.0194. The van der Waals surface area contributed by atoms with Gasteiger partial charge in [-0.1, -0.05) is 12.1 Å². The molecule has 12 heteroatoms. The Kier molecular flexibility index (Phi) is 6.89. The van der Waals surface area contributed by atoms with Gasteiger partial charge in [0.15, 0.2) is 17.4 Å². The average Bonchev–Trinajstić information content (AvgIpc) is 3.55. The number of anilines is 1. The maximum absolute atomic E-state index is 10.8. The van der Waals surface area contributed by atoms with E-state index in [9.17, 15) is 5.11 Å². The molecule has 0 saturated carbocycles.